The number of hydrogen-bond acceptors (Lipinski definition) is 7. The van der Waals surface area contributed by atoms with E-state index in [2.05, 4.69) is 20.6 Å². The first-order chi connectivity index (χ1) is 21.0. The van der Waals surface area contributed by atoms with Gasteiger partial charge in [0.15, 0.2) is 17.2 Å². The van der Waals surface area contributed by atoms with E-state index in [0.29, 0.717) is 50.0 Å². The molecule has 43 heavy (non-hydrogen) atoms. The molecule has 0 spiro atoms. The molecule has 11 nitrogen and oxygen atoms in total. The van der Waals surface area contributed by atoms with Crippen LogP contribution in [0.15, 0.2) is 59.3 Å². The van der Waals surface area contributed by atoms with Crippen LogP contribution < -0.4 is 15.4 Å². The smallest absolute Gasteiger partial charge is 0.404 e. The van der Waals surface area contributed by atoms with Crippen LogP contribution in [0.5, 0.6) is 5.75 Å². The van der Waals surface area contributed by atoms with E-state index >= 15 is 0 Å². The Morgan fingerprint density at radius 2 is 2.00 bits per heavy atom. The van der Waals surface area contributed by atoms with E-state index in [1.54, 1.807) is 6.33 Å². The molecule has 1 saturated heterocycles. The summed E-state index contributed by atoms with van der Waals surface area (Å²) in [6.45, 7) is 4.35. The lowest BCUT2D eigenvalue weighted by Crippen LogP contribution is -2.54. The molecule has 1 aliphatic heterocycles. The van der Waals surface area contributed by atoms with Crippen LogP contribution >= 0.6 is 0 Å². The maximum atomic E-state index is 14.2. The first-order valence-electron chi connectivity index (χ1n) is 15.2. The van der Waals surface area contributed by atoms with Crippen LogP contribution in [0, 0.1) is 0 Å². The number of hydrogen-bond donors (Lipinski definition) is 3. The minimum Gasteiger partial charge on any atom is -0.493 e. The molecule has 2 aromatic heterocycles. The number of nitrogens with zero attached hydrogens (tertiary/aromatic N) is 4. The van der Waals surface area contributed by atoms with Crippen LogP contribution in [0.25, 0.3) is 22.4 Å². The van der Waals surface area contributed by atoms with Gasteiger partial charge < -0.3 is 34.4 Å². The van der Waals surface area contributed by atoms with Crippen molar-refractivity contribution in [2.75, 3.05) is 26.2 Å². The van der Waals surface area contributed by atoms with E-state index < -0.39 is 6.09 Å². The number of carboxylic acid groups (broad SMARTS) is 1. The number of aryl methyl sites for hydroxylation is 1. The first-order valence-corrected chi connectivity index (χ1v) is 15.2. The molecule has 2 amide bonds. The predicted molar refractivity (Wildman–Crippen MR) is 161 cm³/mol. The molecule has 3 atom stereocenters. The van der Waals surface area contributed by atoms with E-state index in [-0.39, 0.29) is 24.0 Å². The van der Waals surface area contributed by atoms with Crippen molar-refractivity contribution in [3.05, 3.63) is 66.4 Å². The molecule has 226 valence electrons. The molecule has 2 fully saturated rings. The van der Waals surface area contributed by atoms with Crippen molar-refractivity contribution < 1.29 is 23.8 Å². The molecule has 1 saturated carbocycles. The number of carbonyl (C=O) groups excluding carboxylic acids is 1. The third-order valence-corrected chi connectivity index (χ3v) is 8.48. The van der Waals surface area contributed by atoms with Crippen LogP contribution in [-0.2, 0) is 6.42 Å². The van der Waals surface area contributed by atoms with Gasteiger partial charge in [-0.15, -0.1) is 0 Å². The average molecular weight is 587 g/mol. The highest BCUT2D eigenvalue weighted by molar-refractivity contribution is 5.98. The molecule has 0 bridgehead atoms. The number of carbonyl (C=O) groups is 2. The Labute approximate surface area is 250 Å². The summed E-state index contributed by atoms with van der Waals surface area (Å²) in [6.07, 6.45) is 5.55. The third kappa shape index (κ3) is 6.22. The first kappa shape index (κ1) is 28.7. The molecule has 3 N–H and O–H groups in total. The second-order valence-corrected chi connectivity index (χ2v) is 11.2. The zero-order chi connectivity index (χ0) is 29.8. The number of amides is 2. The standard InChI is InChI=1S/C32H38N6O5/c1-2-28-35-25-18-23(12-13-27(25)43-28)42-17-14-22-19-33-15-16-37(22)31(39)29-30(21-8-4-3-5-9-21)38(20-34-29)26-11-7-6-10-24(26)36-32(40)41/h3-5,8-9,12-13,18,20,22,24,26,33,36H,2,6-7,10-11,14-17,19H2,1H3,(H,40,41)/t22-,24+,26+/m1/s1. The van der Waals surface area contributed by atoms with Crippen molar-refractivity contribution in [3.63, 3.8) is 0 Å². The topological polar surface area (TPSA) is 135 Å². The summed E-state index contributed by atoms with van der Waals surface area (Å²) in [7, 11) is 0. The van der Waals surface area contributed by atoms with Gasteiger partial charge in [-0.3, -0.25) is 4.79 Å². The molecular weight excluding hydrogens is 548 g/mol. The number of oxazole rings is 1. The van der Waals surface area contributed by atoms with Gasteiger partial charge in [-0.05, 0) is 25.0 Å². The van der Waals surface area contributed by atoms with Crippen LogP contribution in [0.2, 0.25) is 0 Å². The Bertz CT molecular complexity index is 1570. The average Bonchev–Trinajstić information content (AvgIpc) is 3.66. The van der Waals surface area contributed by atoms with Crippen LogP contribution in [-0.4, -0.2) is 74.9 Å². The van der Waals surface area contributed by atoms with Gasteiger partial charge in [-0.2, -0.15) is 0 Å². The van der Waals surface area contributed by atoms with Crippen molar-refractivity contribution in [1.82, 2.24) is 30.1 Å². The fraction of sp³-hybridized carbons (Fsp3) is 0.438. The molecule has 6 rings (SSSR count). The monoisotopic (exact) mass is 586 g/mol. The summed E-state index contributed by atoms with van der Waals surface area (Å²) in [5.41, 5.74) is 3.52. The molecule has 0 radical (unpaired) electrons. The van der Waals surface area contributed by atoms with Crippen molar-refractivity contribution in [2.24, 2.45) is 0 Å². The summed E-state index contributed by atoms with van der Waals surface area (Å²) < 4.78 is 13.8. The van der Waals surface area contributed by atoms with Gasteiger partial charge in [-0.25, -0.2) is 14.8 Å². The lowest BCUT2D eigenvalue weighted by molar-refractivity contribution is 0.0601. The Balaban J connectivity index is 1.22. The fourth-order valence-electron chi connectivity index (χ4n) is 6.35. The number of rotatable bonds is 9. The number of fused-ring (bicyclic) bond motifs is 1. The number of imidazole rings is 1. The zero-order valence-corrected chi connectivity index (χ0v) is 24.4. The second-order valence-electron chi connectivity index (χ2n) is 11.2. The third-order valence-electron chi connectivity index (χ3n) is 8.48. The van der Waals surface area contributed by atoms with Crippen LogP contribution in [0.4, 0.5) is 4.79 Å². The summed E-state index contributed by atoms with van der Waals surface area (Å²) in [5, 5.41) is 15.6. The van der Waals surface area contributed by atoms with Gasteiger partial charge in [0.25, 0.3) is 5.91 Å². The number of piperazine rings is 1. The lowest BCUT2D eigenvalue weighted by atomic mass is 9.89. The summed E-state index contributed by atoms with van der Waals surface area (Å²) in [4.78, 5) is 36.9. The molecule has 11 heteroatoms. The van der Waals surface area contributed by atoms with Gasteiger partial charge in [0, 0.05) is 50.1 Å². The molecule has 1 aliphatic carbocycles. The van der Waals surface area contributed by atoms with Crippen molar-refractivity contribution in [3.8, 4) is 17.0 Å². The Hall–Kier alpha value is -4.38. The van der Waals surface area contributed by atoms with E-state index in [1.165, 1.54) is 0 Å². The quantitative estimate of drug-likeness (QED) is 0.252. The minimum atomic E-state index is -1.04. The number of nitrogens with one attached hydrogen (secondary N) is 2. The minimum absolute atomic E-state index is 0.0754. The highest BCUT2D eigenvalue weighted by atomic mass is 16.5. The molecule has 3 heterocycles. The van der Waals surface area contributed by atoms with E-state index in [4.69, 9.17) is 9.15 Å². The van der Waals surface area contributed by atoms with Gasteiger partial charge in [0.2, 0.25) is 0 Å². The molecule has 2 aromatic carbocycles. The molecule has 4 aromatic rings. The predicted octanol–water partition coefficient (Wildman–Crippen LogP) is 4.89. The number of benzene rings is 2. The van der Waals surface area contributed by atoms with E-state index in [0.717, 1.165) is 54.5 Å². The van der Waals surface area contributed by atoms with Gasteiger partial charge >= 0.3 is 6.09 Å². The molecule has 2 aliphatic rings. The molecule has 0 unspecified atom stereocenters. The normalized spacial score (nSPS) is 20.7. The zero-order valence-electron chi connectivity index (χ0n) is 24.4. The largest absolute Gasteiger partial charge is 0.493 e. The van der Waals surface area contributed by atoms with Crippen LogP contribution in [0.1, 0.15) is 61.4 Å². The summed E-state index contributed by atoms with van der Waals surface area (Å²) in [5.74, 6) is 1.29. The highest BCUT2D eigenvalue weighted by Gasteiger charge is 2.35. The SMILES string of the molecule is CCc1nc2cc(OCC[C@@H]3CNCCN3C(=O)c3ncn([C@H]4CCCC[C@@H]4NC(=O)O)c3-c3ccccc3)ccc2o1. The van der Waals surface area contributed by atoms with Gasteiger partial charge in [-0.1, -0.05) is 50.1 Å². The Morgan fingerprint density at radius 1 is 1.16 bits per heavy atom. The Morgan fingerprint density at radius 3 is 2.81 bits per heavy atom. The van der Waals surface area contributed by atoms with E-state index in [1.807, 2.05) is 64.9 Å². The van der Waals surface area contributed by atoms with Crippen molar-refractivity contribution in [2.45, 2.75) is 63.6 Å². The number of ether oxygens (including phenoxy) is 1. The maximum absolute atomic E-state index is 14.2. The van der Waals surface area contributed by atoms with Crippen LogP contribution in [0.3, 0.4) is 0 Å². The Kier molecular flexibility index (Phi) is 8.59. The van der Waals surface area contributed by atoms with Crippen molar-refractivity contribution in [1.29, 1.82) is 0 Å². The summed E-state index contributed by atoms with van der Waals surface area (Å²) in [6, 6.07) is 15.0. The van der Waals surface area contributed by atoms with Crippen molar-refractivity contribution >= 4 is 23.1 Å². The second kappa shape index (κ2) is 12.9. The molecular formula is C32H38N6O5. The van der Waals surface area contributed by atoms with Gasteiger partial charge in [0.05, 0.1) is 30.7 Å². The maximum Gasteiger partial charge on any atom is 0.404 e. The summed E-state index contributed by atoms with van der Waals surface area (Å²) >= 11 is 0. The highest BCUT2D eigenvalue weighted by Crippen LogP contribution is 2.35. The lowest BCUT2D eigenvalue weighted by Gasteiger charge is -2.36. The van der Waals surface area contributed by atoms with Gasteiger partial charge in [0.1, 0.15) is 11.3 Å². The van der Waals surface area contributed by atoms with E-state index in [9.17, 15) is 14.7 Å². The number of aromatic nitrogens is 3. The fourth-order valence-corrected chi connectivity index (χ4v) is 6.35.